The van der Waals surface area contributed by atoms with Gasteiger partial charge in [0.15, 0.2) is 0 Å². The van der Waals surface area contributed by atoms with E-state index < -0.39 is 0 Å². The summed E-state index contributed by atoms with van der Waals surface area (Å²) in [7, 11) is 4.20. The lowest BCUT2D eigenvalue weighted by molar-refractivity contribution is -0.121. The van der Waals surface area contributed by atoms with Crippen LogP contribution in [0.3, 0.4) is 0 Å². The first-order chi connectivity index (χ1) is 19.1. The minimum absolute atomic E-state index is 0.245. The lowest BCUT2D eigenvalue weighted by Gasteiger charge is -2.09. The standard InChI is InChI=1S/C36H72N2O/c1-5-7-9-11-13-15-19-23-29-35(30-24-20-16-14-12-10-8-6-2)31-25-21-17-18-22-26-32-36(39)37-33-27-28-34-38(3)4/h31H,5-30,32-34H2,1-4H3,(H,37,39). The van der Waals surface area contributed by atoms with E-state index in [9.17, 15) is 4.79 Å². The Bertz CT molecular complexity index is 506. The van der Waals surface area contributed by atoms with E-state index in [1.54, 1.807) is 5.57 Å². The second-order valence-electron chi connectivity index (χ2n) is 12.5. The Balaban J connectivity index is 3.99. The Morgan fingerprint density at radius 3 is 1.46 bits per heavy atom. The molecule has 0 heterocycles. The van der Waals surface area contributed by atoms with E-state index in [0.717, 1.165) is 32.4 Å². The Labute approximate surface area is 246 Å². The van der Waals surface area contributed by atoms with Crippen LogP contribution >= 0.6 is 0 Å². The minimum Gasteiger partial charge on any atom is -0.356 e. The van der Waals surface area contributed by atoms with Gasteiger partial charge in [-0.3, -0.25) is 4.79 Å². The fourth-order valence-electron chi connectivity index (χ4n) is 5.44. The molecule has 0 unspecified atom stereocenters. The van der Waals surface area contributed by atoms with Crippen LogP contribution < -0.4 is 5.32 Å². The van der Waals surface area contributed by atoms with Crippen LogP contribution in [0.15, 0.2) is 11.6 Å². The average Bonchev–Trinajstić information content (AvgIpc) is 2.92. The summed E-state index contributed by atoms with van der Waals surface area (Å²) in [5, 5.41) is 3.09. The molecule has 0 aliphatic rings. The molecule has 0 saturated heterocycles. The van der Waals surface area contributed by atoms with Crippen LogP contribution in [0.2, 0.25) is 0 Å². The Morgan fingerprint density at radius 2 is 0.974 bits per heavy atom. The number of hydrogen-bond acceptors (Lipinski definition) is 2. The molecule has 1 N–H and O–H groups in total. The van der Waals surface area contributed by atoms with Crippen molar-refractivity contribution in [1.29, 1.82) is 0 Å². The van der Waals surface area contributed by atoms with E-state index in [4.69, 9.17) is 0 Å². The fourth-order valence-corrected chi connectivity index (χ4v) is 5.44. The summed E-state index contributed by atoms with van der Waals surface area (Å²) in [6.07, 6.45) is 38.3. The summed E-state index contributed by atoms with van der Waals surface area (Å²) in [5.41, 5.74) is 1.76. The molecule has 0 aliphatic heterocycles. The topological polar surface area (TPSA) is 32.3 Å². The van der Waals surface area contributed by atoms with E-state index >= 15 is 0 Å². The van der Waals surface area contributed by atoms with Crippen molar-refractivity contribution in [2.75, 3.05) is 27.2 Å². The molecule has 0 aromatic heterocycles. The van der Waals surface area contributed by atoms with Gasteiger partial charge in [-0.1, -0.05) is 135 Å². The van der Waals surface area contributed by atoms with Gasteiger partial charge in [0.05, 0.1) is 0 Å². The quantitative estimate of drug-likeness (QED) is 0.0690. The molecule has 0 saturated carbocycles. The van der Waals surface area contributed by atoms with Gasteiger partial charge in [-0.2, -0.15) is 0 Å². The number of amides is 1. The molecule has 0 radical (unpaired) electrons. The Hall–Kier alpha value is -0.830. The lowest BCUT2D eigenvalue weighted by atomic mass is 9.97. The van der Waals surface area contributed by atoms with Gasteiger partial charge in [-0.25, -0.2) is 0 Å². The van der Waals surface area contributed by atoms with Gasteiger partial charge in [0.2, 0.25) is 5.91 Å². The van der Waals surface area contributed by atoms with Gasteiger partial charge < -0.3 is 10.2 Å². The number of nitrogens with one attached hydrogen (secondary N) is 1. The molecule has 1 amide bonds. The first-order valence-corrected chi connectivity index (χ1v) is 17.7. The van der Waals surface area contributed by atoms with Crippen molar-refractivity contribution >= 4 is 5.91 Å². The maximum Gasteiger partial charge on any atom is 0.219 e. The number of carbonyl (C=O) groups is 1. The largest absolute Gasteiger partial charge is 0.356 e. The average molecular weight is 549 g/mol. The van der Waals surface area contributed by atoms with Crippen molar-refractivity contribution in [3.05, 3.63) is 11.6 Å². The monoisotopic (exact) mass is 549 g/mol. The smallest absolute Gasteiger partial charge is 0.219 e. The van der Waals surface area contributed by atoms with Crippen molar-refractivity contribution in [2.45, 2.75) is 187 Å². The van der Waals surface area contributed by atoms with Crippen LogP contribution in [-0.2, 0) is 4.79 Å². The number of hydrogen-bond donors (Lipinski definition) is 1. The molecular formula is C36H72N2O. The summed E-state index contributed by atoms with van der Waals surface area (Å²) >= 11 is 0. The van der Waals surface area contributed by atoms with E-state index in [1.165, 1.54) is 148 Å². The first kappa shape index (κ1) is 38.2. The van der Waals surface area contributed by atoms with E-state index in [2.05, 4.69) is 44.2 Å². The molecule has 3 nitrogen and oxygen atoms in total. The van der Waals surface area contributed by atoms with Crippen LogP contribution in [0.1, 0.15) is 187 Å². The van der Waals surface area contributed by atoms with Gasteiger partial charge in [-0.05, 0) is 78.4 Å². The van der Waals surface area contributed by atoms with E-state index in [-0.39, 0.29) is 5.91 Å². The fraction of sp³-hybridized carbons (Fsp3) is 0.917. The van der Waals surface area contributed by atoms with Crippen molar-refractivity contribution in [3.63, 3.8) is 0 Å². The number of allylic oxidation sites excluding steroid dienone is 2. The summed E-state index contributed by atoms with van der Waals surface area (Å²) < 4.78 is 0. The van der Waals surface area contributed by atoms with Gasteiger partial charge in [0.1, 0.15) is 0 Å². The van der Waals surface area contributed by atoms with Crippen molar-refractivity contribution in [1.82, 2.24) is 10.2 Å². The zero-order valence-corrected chi connectivity index (χ0v) is 27.4. The van der Waals surface area contributed by atoms with Crippen molar-refractivity contribution in [2.24, 2.45) is 0 Å². The highest BCUT2D eigenvalue weighted by Crippen LogP contribution is 2.20. The normalized spacial score (nSPS) is 11.3. The minimum atomic E-state index is 0.245. The van der Waals surface area contributed by atoms with Gasteiger partial charge in [0, 0.05) is 13.0 Å². The van der Waals surface area contributed by atoms with E-state index in [1.807, 2.05) is 0 Å². The van der Waals surface area contributed by atoms with Gasteiger partial charge in [-0.15, -0.1) is 0 Å². The van der Waals surface area contributed by atoms with Crippen LogP contribution in [0.25, 0.3) is 0 Å². The third-order valence-corrected chi connectivity index (χ3v) is 8.10. The zero-order valence-electron chi connectivity index (χ0n) is 27.4. The highest BCUT2D eigenvalue weighted by Gasteiger charge is 2.02. The molecule has 0 bridgehead atoms. The number of nitrogens with zero attached hydrogens (tertiary/aromatic N) is 1. The lowest BCUT2D eigenvalue weighted by Crippen LogP contribution is -2.24. The van der Waals surface area contributed by atoms with E-state index in [0.29, 0.717) is 6.42 Å². The van der Waals surface area contributed by atoms with Crippen molar-refractivity contribution in [3.8, 4) is 0 Å². The number of rotatable bonds is 31. The highest BCUT2D eigenvalue weighted by atomic mass is 16.1. The van der Waals surface area contributed by atoms with Crippen LogP contribution in [0, 0.1) is 0 Å². The molecule has 0 fully saturated rings. The van der Waals surface area contributed by atoms with Crippen LogP contribution in [0.5, 0.6) is 0 Å². The number of carbonyl (C=O) groups excluding carboxylic acids is 1. The molecular weight excluding hydrogens is 476 g/mol. The molecule has 0 spiro atoms. The predicted octanol–water partition coefficient (Wildman–Crippen LogP) is 11.2. The third-order valence-electron chi connectivity index (χ3n) is 8.10. The summed E-state index contributed by atoms with van der Waals surface area (Å²) in [4.78, 5) is 14.2. The second-order valence-corrected chi connectivity index (χ2v) is 12.5. The molecule has 39 heavy (non-hydrogen) atoms. The highest BCUT2D eigenvalue weighted by molar-refractivity contribution is 5.75. The SMILES string of the molecule is CCCCCCCCCCC(=CCCCCCCCC(=O)NCCCCN(C)C)CCCCCCCCCC. The Morgan fingerprint density at radius 1 is 0.538 bits per heavy atom. The van der Waals surface area contributed by atoms with Crippen molar-refractivity contribution < 1.29 is 4.79 Å². The number of unbranched alkanes of at least 4 members (excludes halogenated alkanes) is 20. The first-order valence-electron chi connectivity index (χ1n) is 17.7. The maximum absolute atomic E-state index is 12.0. The predicted molar refractivity (Wildman–Crippen MR) is 176 cm³/mol. The maximum atomic E-state index is 12.0. The molecule has 0 aromatic rings. The second kappa shape index (κ2) is 31.7. The molecule has 0 atom stereocenters. The summed E-state index contributed by atoms with van der Waals surface area (Å²) in [5.74, 6) is 0.245. The van der Waals surface area contributed by atoms with Crippen LogP contribution in [-0.4, -0.2) is 38.0 Å². The molecule has 3 heteroatoms. The molecule has 232 valence electrons. The summed E-state index contributed by atoms with van der Waals surface area (Å²) in [6.45, 7) is 6.54. The molecule has 0 aromatic carbocycles. The molecule has 0 rings (SSSR count). The Kier molecular flexibility index (Phi) is 31.0. The zero-order chi connectivity index (χ0) is 28.7. The summed E-state index contributed by atoms with van der Waals surface area (Å²) in [6, 6.07) is 0. The van der Waals surface area contributed by atoms with Gasteiger partial charge >= 0.3 is 0 Å². The van der Waals surface area contributed by atoms with Crippen LogP contribution in [0.4, 0.5) is 0 Å². The molecule has 0 aliphatic carbocycles. The van der Waals surface area contributed by atoms with Gasteiger partial charge in [0.25, 0.3) is 0 Å². The third kappa shape index (κ3) is 31.6.